The first-order valence-electron chi connectivity index (χ1n) is 7.38. The number of hydrogen-bond donors (Lipinski definition) is 1. The summed E-state index contributed by atoms with van der Waals surface area (Å²) in [7, 11) is 0. The molecule has 0 aromatic rings. The van der Waals surface area contributed by atoms with Crippen molar-refractivity contribution in [2.45, 2.75) is 57.7 Å². The standard InChI is InChI=1S/C15H22N2O5/c1-14(2,3)22-13(20)17-10-6-15(4-5-16,12(18)19)7-11(17)9-21-8-10/h10-11H,4,6-9H2,1-3H3,(H,18,19)/t10-,11+,15-. The van der Waals surface area contributed by atoms with Crippen LogP contribution in [0.2, 0.25) is 0 Å². The molecule has 2 rings (SSSR count). The summed E-state index contributed by atoms with van der Waals surface area (Å²) < 4.78 is 10.9. The van der Waals surface area contributed by atoms with Crippen LogP contribution in [-0.4, -0.2) is 53.0 Å². The Hall–Kier alpha value is -1.81. The molecule has 2 aliphatic rings. The van der Waals surface area contributed by atoms with E-state index in [9.17, 15) is 14.7 Å². The molecule has 0 aliphatic carbocycles. The highest BCUT2D eigenvalue weighted by Gasteiger charge is 2.53. The molecule has 7 nitrogen and oxygen atoms in total. The lowest BCUT2D eigenvalue weighted by Gasteiger charge is -2.51. The number of hydrogen-bond acceptors (Lipinski definition) is 5. The zero-order valence-corrected chi connectivity index (χ0v) is 13.2. The Bertz CT molecular complexity index is 491. The molecular formula is C15H22N2O5. The Morgan fingerprint density at radius 3 is 2.32 bits per heavy atom. The zero-order chi connectivity index (χ0) is 16.5. The number of carboxylic acids is 1. The van der Waals surface area contributed by atoms with E-state index in [1.54, 1.807) is 25.7 Å². The van der Waals surface area contributed by atoms with Crippen LogP contribution in [0.15, 0.2) is 0 Å². The molecule has 22 heavy (non-hydrogen) atoms. The van der Waals surface area contributed by atoms with Crippen molar-refractivity contribution >= 4 is 12.1 Å². The molecule has 1 N–H and O–H groups in total. The highest BCUT2D eigenvalue weighted by atomic mass is 16.6. The van der Waals surface area contributed by atoms with E-state index in [1.165, 1.54) is 0 Å². The monoisotopic (exact) mass is 310 g/mol. The van der Waals surface area contributed by atoms with Crippen molar-refractivity contribution in [3.8, 4) is 6.07 Å². The van der Waals surface area contributed by atoms with E-state index in [0.717, 1.165) is 0 Å². The molecule has 0 aromatic carbocycles. The zero-order valence-electron chi connectivity index (χ0n) is 13.2. The molecule has 2 bridgehead atoms. The third kappa shape index (κ3) is 3.17. The third-order valence-electron chi connectivity index (χ3n) is 4.14. The van der Waals surface area contributed by atoms with Gasteiger partial charge in [0.15, 0.2) is 0 Å². The minimum absolute atomic E-state index is 0.0580. The fourth-order valence-electron chi connectivity index (χ4n) is 3.26. The van der Waals surface area contributed by atoms with Gasteiger partial charge in [0.2, 0.25) is 0 Å². The summed E-state index contributed by atoms with van der Waals surface area (Å²) in [5.74, 6) is -0.977. The van der Waals surface area contributed by atoms with Crippen LogP contribution < -0.4 is 0 Å². The van der Waals surface area contributed by atoms with E-state index < -0.39 is 23.1 Å². The largest absolute Gasteiger partial charge is 0.481 e. The van der Waals surface area contributed by atoms with Crippen molar-refractivity contribution in [2.75, 3.05) is 13.2 Å². The first kappa shape index (κ1) is 16.6. The lowest BCUT2D eigenvalue weighted by atomic mass is 9.70. The summed E-state index contributed by atoms with van der Waals surface area (Å²) in [4.78, 5) is 25.7. The Labute approximate surface area is 129 Å². The first-order valence-corrected chi connectivity index (χ1v) is 7.38. The van der Waals surface area contributed by atoms with Crippen LogP contribution in [0, 0.1) is 16.7 Å². The number of fused-ring (bicyclic) bond motifs is 2. The van der Waals surface area contributed by atoms with E-state index >= 15 is 0 Å². The van der Waals surface area contributed by atoms with Crippen LogP contribution in [0.1, 0.15) is 40.0 Å². The van der Waals surface area contributed by atoms with E-state index in [1.807, 2.05) is 6.07 Å². The van der Waals surface area contributed by atoms with Gasteiger partial charge in [-0.05, 0) is 33.6 Å². The van der Waals surface area contributed by atoms with Crippen LogP contribution in [0.4, 0.5) is 4.79 Å². The number of aliphatic carboxylic acids is 1. The number of ether oxygens (including phenoxy) is 2. The maximum Gasteiger partial charge on any atom is 0.410 e. The second kappa shape index (κ2) is 5.76. The van der Waals surface area contributed by atoms with Crippen molar-refractivity contribution in [2.24, 2.45) is 5.41 Å². The second-order valence-electron chi connectivity index (χ2n) is 7.06. The van der Waals surface area contributed by atoms with Gasteiger partial charge in [-0.1, -0.05) is 0 Å². The highest BCUT2D eigenvalue weighted by Crippen LogP contribution is 2.43. The molecule has 2 saturated heterocycles. The summed E-state index contributed by atoms with van der Waals surface area (Å²) in [5.41, 5.74) is -1.72. The minimum atomic E-state index is -1.10. The molecule has 0 saturated carbocycles. The topological polar surface area (TPSA) is 99.9 Å². The number of rotatable bonds is 2. The average Bonchev–Trinajstić information content (AvgIpc) is 2.35. The molecule has 122 valence electrons. The van der Waals surface area contributed by atoms with Gasteiger partial charge in [-0.2, -0.15) is 5.26 Å². The first-order chi connectivity index (χ1) is 10.2. The fraction of sp³-hybridized carbons (Fsp3) is 0.800. The van der Waals surface area contributed by atoms with Gasteiger partial charge in [0.05, 0.1) is 43.2 Å². The fourth-order valence-corrected chi connectivity index (χ4v) is 3.26. The number of nitrogens with zero attached hydrogens (tertiary/aromatic N) is 2. The maximum atomic E-state index is 12.4. The lowest BCUT2D eigenvalue weighted by Crippen LogP contribution is -2.63. The number of carbonyl (C=O) groups excluding carboxylic acids is 1. The van der Waals surface area contributed by atoms with Crippen molar-refractivity contribution in [1.29, 1.82) is 5.26 Å². The molecule has 1 amide bonds. The van der Waals surface area contributed by atoms with Gasteiger partial charge in [0, 0.05) is 0 Å². The molecule has 0 radical (unpaired) electrons. The Balaban J connectivity index is 2.23. The van der Waals surface area contributed by atoms with Crippen molar-refractivity contribution < 1.29 is 24.2 Å². The normalized spacial score (nSPS) is 31.3. The second-order valence-corrected chi connectivity index (χ2v) is 7.06. The van der Waals surface area contributed by atoms with Crippen molar-refractivity contribution in [3.05, 3.63) is 0 Å². The van der Waals surface area contributed by atoms with E-state index in [-0.39, 0.29) is 44.6 Å². The lowest BCUT2D eigenvalue weighted by molar-refractivity contribution is -0.163. The number of nitriles is 1. The molecule has 2 heterocycles. The van der Waals surface area contributed by atoms with Gasteiger partial charge in [0.25, 0.3) is 0 Å². The maximum absolute atomic E-state index is 12.4. The molecule has 0 unspecified atom stereocenters. The number of carboxylic acid groups (broad SMARTS) is 1. The molecule has 2 aliphatic heterocycles. The van der Waals surface area contributed by atoms with E-state index in [0.29, 0.717) is 0 Å². The summed E-state index contributed by atoms with van der Waals surface area (Å²) in [5, 5.41) is 18.5. The summed E-state index contributed by atoms with van der Waals surface area (Å²) in [6, 6.07) is 1.24. The molecule has 0 aromatic heterocycles. The predicted octanol–water partition coefficient (Wildman–Crippen LogP) is 1.77. The number of carbonyl (C=O) groups is 2. The van der Waals surface area contributed by atoms with Gasteiger partial charge in [0.1, 0.15) is 5.60 Å². The number of amides is 1. The molecule has 0 spiro atoms. The van der Waals surface area contributed by atoms with E-state index in [2.05, 4.69) is 0 Å². The van der Waals surface area contributed by atoms with Gasteiger partial charge < -0.3 is 14.6 Å². The predicted molar refractivity (Wildman–Crippen MR) is 76.0 cm³/mol. The van der Waals surface area contributed by atoms with E-state index in [4.69, 9.17) is 14.7 Å². The summed E-state index contributed by atoms with van der Waals surface area (Å²) >= 11 is 0. The van der Waals surface area contributed by atoms with Gasteiger partial charge >= 0.3 is 12.1 Å². The van der Waals surface area contributed by atoms with Gasteiger partial charge in [-0.3, -0.25) is 9.69 Å². The van der Waals surface area contributed by atoms with Crippen molar-refractivity contribution in [3.63, 3.8) is 0 Å². The molecule has 2 fully saturated rings. The SMILES string of the molecule is CC(C)(C)OC(=O)N1[C@@H]2COC[C@H]1C[C@@](CC#N)(C(=O)O)C2. The van der Waals surface area contributed by atoms with Crippen LogP contribution in [0.5, 0.6) is 0 Å². The van der Waals surface area contributed by atoms with Crippen LogP contribution >= 0.6 is 0 Å². The number of piperidine rings is 1. The molecular weight excluding hydrogens is 288 g/mol. The summed E-state index contributed by atoms with van der Waals surface area (Å²) in [6.07, 6.45) is -0.0730. The molecule has 3 atom stereocenters. The number of morpholine rings is 1. The van der Waals surface area contributed by atoms with Crippen LogP contribution in [-0.2, 0) is 14.3 Å². The molecule has 7 heteroatoms. The van der Waals surface area contributed by atoms with Gasteiger partial charge in [-0.15, -0.1) is 0 Å². The summed E-state index contributed by atoms with van der Waals surface area (Å²) in [6.45, 7) is 5.92. The Morgan fingerprint density at radius 2 is 1.91 bits per heavy atom. The smallest absolute Gasteiger partial charge is 0.410 e. The highest BCUT2D eigenvalue weighted by molar-refractivity contribution is 5.77. The Morgan fingerprint density at radius 1 is 1.36 bits per heavy atom. The average molecular weight is 310 g/mol. The quantitative estimate of drug-likeness (QED) is 0.834. The minimum Gasteiger partial charge on any atom is -0.481 e. The van der Waals surface area contributed by atoms with Crippen LogP contribution in [0.3, 0.4) is 0 Å². The van der Waals surface area contributed by atoms with Crippen molar-refractivity contribution in [1.82, 2.24) is 4.90 Å². The third-order valence-corrected chi connectivity index (χ3v) is 4.14. The Kier molecular flexibility index (Phi) is 4.34. The van der Waals surface area contributed by atoms with Crippen LogP contribution in [0.25, 0.3) is 0 Å². The van der Waals surface area contributed by atoms with Gasteiger partial charge in [-0.25, -0.2) is 4.79 Å².